The van der Waals surface area contributed by atoms with Crippen molar-refractivity contribution in [3.8, 4) is 0 Å². The van der Waals surface area contributed by atoms with E-state index in [2.05, 4.69) is 42.5 Å². The van der Waals surface area contributed by atoms with Gasteiger partial charge in [-0.1, -0.05) is 28.1 Å². The Bertz CT molecular complexity index is 614. The van der Waals surface area contributed by atoms with E-state index in [0.29, 0.717) is 5.56 Å². The van der Waals surface area contributed by atoms with Gasteiger partial charge in [0.15, 0.2) is 0 Å². The molecule has 0 aliphatic carbocycles. The molecule has 2 N–H and O–H groups in total. The van der Waals surface area contributed by atoms with Gasteiger partial charge in [-0.15, -0.1) is 0 Å². The molecule has 2 aromatic rings. The second kappa shape index (κ2) is 6.21. The van der Waals surface area contributed by atoms with Crippen LogP contribution in [0.5, 0.6) is 0 Å². The molecule has 0 heterocycles. The number of carbonyl (C=O) groups is 1. The number of rotatable bonds is 3. The van der Waals surface area contributed by atoms with Crippen molar-refractivity contribution in [3.63, 3.8) is 0 Å². The number of carbonyl (C=O) groups excluding carboxylic acids is 1. The quantitative estimate of drug-likeness (QED) is 0.818. The molecule has 0 saturated heterocycles. The number of hydrogen-bond acceptors (Lipinski definition) is 2. The topological polar surface area (TPSA) is 41.1 Å². The molecule has 0 fully saturated rings. The lowest BCUT2D eigenvalue weighted by Gasteiger charge is -2.11. The molecule has 0 aliphatic rings. The summed E-state index contributed by atoms with van der Waals surface area (Å²) in [6.07, 6.45) is 0. The Labute approximate surface area is 128 Å². The molecule has 0 aliphatic heterocycles. The van der Waals surface area contributed by atoms with E-state index in [1.165, 1.54) is 0 Å². The first-order valence-electron chi connectivity index (χ1n) is 5.65. The maximum Gasteiger partial charge on any atom is 0.257 e. The molecule has 0 radical (unpaired) electrons. The van der Waals surface area contributed by atoms with Crippen LogP contribution in [0.1, 0.15) is 10.4 Å². The number of para-hydroxylation sites is 1. The van der Waals surface area contributed by atoms with Gasteiger partial charge in [-0.05, 0) is 46.3 Å². The van der Waals surface area contributed by atoms with E-state index in [1.54, 1.807) is 13.1 Å². The van der Waals surface area contributed by atoms with Crippen molar-refractivity contribution in [2.75, 3.05) is 17.7 Å². The average molecular weight is 384 g/mol. The fourth-order valence-electron chi connectivity index (χ4n) is 1.68. The lowest BCUT2D eigenvalue weighted by atomic mass is 10.1. The standard InChI is InChI=1S/C14H12Br2N2O/c1-17-12-5-3-2-4-10(12)14(19)18-13-8-9(15)6-7-11(13)16/h2-8,17H,1H3,(H,18,19). The molecule has 0 unspecified atom stereocenters. The fraction of sp³-hybridized carbons (Fsp3) is 0.0714. The monoisotopic (exact) mass is 382 g/mol. The molecule has 0 aromatic heterocycles. The molecule has 2 aromatic carbocycles. The van der Waals surface area contributed by atoms with Gasteiger partial charge in [0.1, 0.15) is 0 Å². The van der Waals surface area contributed by atoms with Crippen LogP contribution in [-0.4, -0.2) is 13.0 Å². The van der Waals surface area contributed by atoms with Gasteiger partial charge in [0.25, 0.3) is 5.91 Å². The van der Waals surface area contributed by atoms with Gasteiger partial charge in [0.05, 0.1) is 11.3 Å². The van der Waals surface area contributed by atoms with E-state index >= 15 is 0 Å². The number of amides is 1. The van der Waals surface area contributed by atoms with Gasteiger partial charge >= 0.3 is 0 Å². The van der Waals surface area contributed by atoms with Gasteiger partial charge in [0, 0.05) is 21.7 Å². The number of halogens is 2. The number of benzene rings is 2. The normalized spacial score (nSPS) is 10.1. The molecule has 19 heavy (non-hydrogen) atoms. The molecule has 0 saturated carbocycles. The molecular formula is C14H12Br2N2O. The van der Waals surface area contributed by atoms with Crippen LogP contribution in [0, 0.1) is 0 Å². The summed E-state index contributed by atoms with van der Waals surface area (Å²) >= 11 is 6.80. The Balaban J connectivity index is 2.28. The van der Waals surface area contributed by atoms with E-state index in [0.717, 1.165) is 20.3 Å². The summed E-state index contributed by atoms with van der Waals surface area (Å²) in [7, 11) is 1.79. The third-order valence-electron chi connectivity index (χ3n) is 2.62. The first kappa shape index (κ1) is 14.1. The first-order valence-corrected chi connectivity index (χ1v) is 7.23. The average Bonchev–Trinajstić information content (AvgIpc) is 2.42. The third-order valence-corrected chi connectivity index (χ3v) is 3.80. The molecule has 98 valence electrons. The predicted molar refractivity (Wildman–Crippen MR) is 85.8 cm³/mol. The highest BCUT2D eigenvalue weighted by Gasteiger charge is 2.11. The highest BCUT2D eigenvalue weighted by Crippen LogP contribution is 2.27. The lowest BCUT2D eigenvalue weighted by molar-refractivity contribution is 0.102. The maximum atomic E-state index is 12.3. The zero-order valence-electron chi connectivity index (χ0n) is 10.2. The second-order valence-corrected chi connectivity index (χ2v) is 5.64. The third kappa shape index (κ3) is 3.36. The Morgan fingerprint density at radius 2 is 1.79 bits per heavy atom. The van der Waals surface area contributed by atoms with E-state index in [4.69, 9.17) is 0 Å². The molecule has 2 rings (SSSR count). The summed E-state index contributed by atoms with van der Waals surface area (Å²) < 4.78 is 1.75. The lowest BCUT2D eigenvalue weighted by Crippen LogP contribution is -2.14. The molecule has 5 heteroatoms. The van der Waals surface area contributed by atoms with E-state index in [9.17, 15) is 4.79 Å². The zero-order valence-corrected chi connectivity index (χ0v) is 13.4. The van der Waals surface area contributed by atoms with E-state index in [1.807, 2.05) is 36.4 Å². The second-order valence-electron chi connectivity index (χ2n) is 3.87. The SMILES string of the molecule is CNc1ccccc1C(=O)Nc1cc(Br)ccc1Br. The Morgan fingerprint density at radius 1 is 1.05 bits per heavy atom. The molecular weight excluding hydrogens is 372 g/mol. The van der Waals surface area contributed by atoms with E-state index in [-0.39, 0.29) is 5.91 Å². The first-order chi connectivity index (χ1) is 9.11. The van der Waals surface area contributed by atoms with Crippen molar-refractivity contribution >= 4 is 49.1 Å². The Morgan fingerprint density at radius 3 is 2.53 bits per heavy atom. The summed E-state index contributed by atoms with van der Waals surface area (Å²) in [5.74, 6) is -0.149. The van der Waals surface area contributed by atoms with Crippen LogP contribution in [0.15, 0.2) is 51.4 Å². The summed E-state index contributed by atoms with van der Waals surface area (Å²) in [5, 5.41) is 5.89. The van der Waals surface area contributed by atoms with Gasteiger partial charge in [-0.3, -0.25) is 4.79 Å². The van der Waals surface area contributed by atoms with Crippen molar-refractivity contribution in [3.05, 3.63) is 57.0 Å². The van der Waals surface area contributed by atoms with Crippen molar-refractivity contribution in [1.82, 2.24) is 0 Å². The maximum absolute atomic E-state index is 12.3. The van der Waals surface area contributed by atoms with Gasteiger partial charge in [-0.25, -0.2) is 0 Å². The largest absolute Gasteiger partial charge is 0.387 e. The van der Waals surface area contributed by atoms with Crippen LogP contribution in [0.2, 0.25) is 0 Å². The van der Waals surface area contributed by atoms with Gasteiger partial charge in [0.2, 0.25) is 0 Å². The highest BCUT2D eigenvalue weighted by atomic mass is 79.9. The molecule has 3 nitrogen and oxygen atoms in total. The molecule has 1 amide bonds. The van der Waals surface area contributed by atoms with Crippen LogP contribution < -0.4 is 10.6 Å². The van der Waals surface area contributed by atoms with Crippen molar-refractivity contribution in [2.24, 2.45) is 0 Å². The van der Waals surface area contributed by atoms with E-state index < -0.39 is 0 Å². The minimum atomic E-state index is -0.149. The Kier molecular flexibility index (Phi) is 4.61. The summed E-state index contributed by atoms with van der Waals surface area (Å²) in [6, 6.07) is 13.0. The predicted octanol–water partition coefficient (Wildman–Crippen LogP) is 4.51. The molecule has 0 spiro atoms. The van der Waals surface area contributed by atoms with Crippen molar-refractivity contribution < 1.29 is 4.79 Å². The smallest absolute Gasteiger partial charge is 0.257 e. The van der Waals surface area contributed by atoms with Gasteiger partial charge < -0.3 is 10.6 Å². The van der Waals surface area contributed by atoms with Gasteiger partial charge in [-0.2, -0.15) is 0 Å². The summed E-state index contributed by atoms with van der Waals surface area (Å²) in [5.41, 5.74) is 2.13. The number of nitrogens with one attached hydrogen (secondary N) is 2. The molecule has 0 atom stereocenters. The number of hydrogen-bond donors (Lipinski definition) is 2. The minimum Gasteiger partial charge on any atom is -0.387 e. The van der Waals surface area contributed by atoms with Crippen LogP contribution in [0.4, 0.5) is 11.4 Å². The van der Waals surface area contributed by atoms with Crippen LogP contribution in [-0.2, 0) is 0 Å². The van der Waals surface area contributed by atoms with Crippen LogP contribution >= 0.6 is 31.9 Å². The molecule has 0 bridgehead atoms. The fourth-order valence-corrected chi connectivity index (χ4v) is 2.39. The summed E-state index contributed by atoms with van der Waals surface area (Å²) in [6.45, 7) is 0. The Hall–Kier alpha value is -1.33. The van der Waals surface area contributed by atoms with Crippen molar-refractivity contribution in [1.29, 1.82) is 0 Å². The van der Waals surface area contributed by atoms with Crippen LogP contribution in [0.25, 0.3) is 0 Å². The summed E-state index contributed by atoms with van der Waals surface area (Å²) in [4.78, 5) is 12.3. The zero-order chi connectivity index (χ0) is 13.8. The van der Waals surface area contributed by atoms with Crippen molar-refractivity contribution in [2.45, 2.75) is 0 Å². The highest BCUT2D eigenvalue weighted by molar-refractivity contribution is 9.11. The number of anilines is 2. The minimum absolute atomic E-state index is 0.149. The van der Waals surface area contributed by atoms with Crippen LogP contribution in [0.3, 0.4) is 0 Å².